The van der Waals surface area contributed by atoms with Crippen molar-refractivity contribution in [3.63, 3.8) is 0 Å². The molecular formula is C16H12N2O3S. The third kappa shape index (κ3) is 1.96. The number of fused-ring (bicyclic) bond motifs is 2. The maximum absolute atomic E-state index is 11.3. The van der Waals surface area contributed by atoms with Gasteiger partial charge in [-0.2, -0.15) is 0 Å². The molecule has 22 heavy (non-hydrogen) atoms. The van der Waals surface area contributed by atoms with Crippen molar-refractivity contribution in [3.8, 4) is 0 Å². The van der Waals surface area contributed by atoms with Crippen LogP contribution in [0.25, 0.3) is 11.0 Å². The maximum atomic E-state index is 11.3. The third-order valence-corrected chi connectivity index (χ3v) is 4.88. The van der Waals surface area contributed by atoms with Crippen LogP contribution >= 0.6 is 11.8 Å². The zero-order chi connectivity index (χ0) is 15.3. The summed E-state index contributed by atoms with van der Waals surface area (Å²) in [5.74, 6) is 0.172. The molecular weight excluding hydrogens is 300 g/mol. The molecule has 2 heterocycles. The van der Waals surface area contributed by atoms with Gasteiger partial charge in [-0.25, -0.2) is 5.06 Å². The van der Waals surface area contributed by atoms with Crippen molar-refractivity contribution in [1.82, 2.24) is 0 Å². The fourth-order valence-electron chi connectivity index (χ4n) is 2.55. The highest BCUT2D eigenvalue weighted by Crippen LogP contribution is 2.51. The molecule has 0 spiro atoms. The van der Waals surface area contributed by atoms with Crippen LogP contribution in [0, 0.1) is 0 Å². The standard InChI is InChI=1S/C16H12N2O3S/c17-15(19)10-5-6-11-14(8-10)22-16(18(11)20)13-7-9-3-1-2-4-12(9)21-13/h1-8,16,20H,(H2,17,19). The van der Waals surface area contributed by atoms with Crippen LogP contribution in [0.2, 0.25) is 0 Å². The zero-order valence-corrected chi connectivity index (χ0v) is 12.2. The van der Waals surface area contributed by atoms with E-state index < -0.39 is 5.91 Å². The number of nitrogens with zero attached hydrogens (tertiary/aromatic N) is 1. The van der Waals surface area contributed by atoms with Gasteiger partial charge in [-0.15, -0.1) is 0 Å². The number of rotatable bonds is 2. The average molecular weight is 312 g/mol. The van der Waals surface area contributed by atoms with Crippen molar-refractivity contribution in [3.05, 3.63) is 59.9 Å². The molecule has 1 amide bonds. The molecule has 1 aliphatic heterocycles. The molecule has 1 aliphatic rings. The first-order valence-electron chi connectivity index (χ1n) is 6.70. The Morgan fingerprint density at radius 2 is 2.05 bits per heavy atom. The van der Waals surface area contributed by atoms with Gasteiger partial charge in [0, 0.05) is 15.8 Å². The predicted octanol–water partition coefficient (Wildman–Crippen LogP) is 3.53. The van der Waals surface area contributed by atoms with Crippen LogP contribution in [0.3, 0.4) is 0 Å². The van der Waals surface area contributed by atoms with Gasteiger partial charge in [-0.05, 0) is 30.3 Å². The highest BCUT2D eigenvalue weighted by atomic mass is 32.2. The van der Waals surface area contributed by atoms with Crippen LogP contribution in [0.1, 0.15) is 21.5 Å². The Morgan fingerprint density at radius 1 is 1.23 bits per heavy atom. The van der Waals surface area contributed by atoms with E-state index in [2.05, 4.69) is 0 Å². The van der Waals surface area contributed by atoms with Crippen LogP contribution in [-0.4, -0.2) is 11.1 Å². The summed E-state index contributed by atoms with van der Waals surface area (Å²) < 4.78 is 5.82. The largest absolute Gasteiger partial charge is 0.458 e. The summed E-state index contributed by atoms with van der Waals surface area (Å²) >= 11 is 1.42. The van der Waals surface area contributed by atoms with Crippen molar-refractivity contribution in [2.24, 2.45) is 5.73 Å². The number of hydrogen-bond donors (Lipinski definition) is 2. The fraction of sp³-hybridized carbons (Fsp3) is 0.0625. The minimum Gasteiger partial charge on any atom is -0.458 e. The molecule has 5 nitrogen and oxygen atoms in total. The van der Waals surface area contributed by atoms with Crippen molar-refractivity contribution >= 4 is 34.3 Å². The van der Waals surface area contributed by atoms with Gasteiger partial charge in [0.1, 0.15) is 11.3 Å². The molecule has 0 saturated carbocycles. The number of para-hydroxylation sites is 1. The van der Waals surface area contributed by atoms with E-state index in [-0.39, 0.29) is 5.37 Å². The topological polar surface area (TPSA) is 79.7 Å². The van der Waals surface area contributed by atoms with Gasteiger partial charge in [0.05, 0.1) is 5.69 Å². The average Bonchev–Trinajstić information content (AvgIpc) is 3.08. The number of carbonyl (C=O) groups is 1. The Balaban J connectivity index is 1.74. The molecule has 3 N–H and O–H groups in total. The van der Waals surface area contributed by atoms with E-state index in [1.165, 1.54) is 11.8 Å². The minimum atomic E-state index is -0.486. The lowest BCUT2D eigenvalue weighted by molar-refractivity contribution is 0.1000. The molecule has 4 rings (SSSR count). The monoisotopic (exact) mass is 312 g/mol. The molecule has 110 valence electrons. The van der Waals surface area contributed by atoms with E-state index in [4.69, 9.17) is 10.2 Å². The quantitative estimate of drug-likeness (QED) is 0.756. The normalized spacial score (nSPS) is 17.0. The first-order valence-corrected chi connectivity index (χ1v) is 7.58. The Bertz CT molecular complexity index is 857. The number of furan rings is 1. The fourth-order valence-corrected chi connectivity index (χ4v) is 3.71. The van der Waals surface area contributed by atoms with Crippen molar-refractivity contribution < 1.29 is 14.4 Å². The first kappa shape index (κ1) is 13.2. The van der Waals surface area contributed by atoms with E-state index in [9.17, 15) is 10.0 Å². The lowest BCUT2D eigenvalue weighted by atomic mass is 10.2. The molecule has 1 unspecified atom stereocenters. The van der Waals surface area contributed by atoms with E-state index >= 15 is 0 Å². The van der Waals surface area contributed by atoms with Gasteiger partial charge < -0.3 is 10.2 Å². The van der Waals surface area contributed by atoms with Gasteiger partial charge in [0.25, 0.3) is 0 Å². The Hall–Kier alpha value is -2.44. The molecule has 0 saturated heterocycles. The van der Waals surface area contributed by atoms with Crippen LogP contribution in [0.5, 0.6) is 0 Å². The SMILES string of the molecule is NC(=O)c1ccc2c(c1)SC(c1cc3ccccc3o1)N2O. The molecule has 0 radical (unpaired) electrons. The zero-order valence-electron chi connectivity index (χ0n) is 11.4. The van der Waals surface area contributed by atoms with Crippen molar-refractivity contribution in [2.75, 3.05) is 5.06 Å². The molecule has 6 heteroatoms. The molecule has 1 aromatic heterocycles. The summed E-state index contributed by atoms with van der Waals surface area (Å²) in [5.41, 5.74) is 7.13. The van der Waals surface area contributed by atoms with Crippen LogP contribution in [0.4, 0.5) is 5.69 Å². The maximum Gasteiger partial charge on any atom is 0.248 e. The van der Waals surface area contributed by atoms with Gasteiger partial charge in [0.2, 0.25) is 5.91 Å². The lowest BCUT2D eigenvalue weighted by Crippen LogP contribution is -2.17. The number of primary amides is 1. The molecule has 0 fully saturated rings. The van der Waals surface area contributed by atoms with Gasteiger partial charge in [-0.3, -0.25) is 10.0 Å². The number of amides is 1. The second-order valence-electron chi connectivity index (χ2n) is 5.05. The number of anilines is 1. The van der Waals surface area contributed by atoms with E-state index in [1.54, 1.807) is 18.2 Å². The molecule has 2 aromatic carbocycles. The minimum absolute atomic E-state index is 0.384. The van der Waals surface area contributed by atoms with E-state index in [1.807, 2.05) is 30.3 Å². The van der Waals surface area contributed by atoms with Crippen molar-refractivity contribution in [1.29, 1.82) is 0 Å². The van der Waals surface area contributed by atoms with E-state index in [0.717, 1.165) is 20.9 Å². The predicted molar refractivity (Wildman–Crippen MR) is 84.0 cm³/mol. The highest BCUT2D eigenvalue weighted by Gasteiger charge is 2.33. The smallest absolute Gasteiger partial charge is 0.248 e. The summed E-state index contributed by atoms with van der Waals surface area (Å²) in [6, 6.07) is 14.6. The van der Waals surface area contributed by atoms with Crippen LogP contribution in [-0.2, 0) is 0 Å². The molecule has 3 aromatic rings. The second kappa shape index (κ2) is 4.79. The number of hydroxylamine groups is 1. The Kier molecular flexibility index (Phi) is 2.88. The summed E-state index contributed by atoms with van der Waals surface area (Å²) in [5, 5.41) is 12.1. The Labute approximate surface area is 130 Å². The number of thioether (sulfide) groups is 1. The summed E-state index contributed by atoms with van der Waals surface area (Å²) in [6.45, 7) is 0. The van der Waals surface area contributed by atoms with Gasteiger partial charge in [-0.1, -0.05) is 30.0 Å². The molecule has 1 atom stereocenters. The number of hydrogen-bond acceptors (Lipinski definition) is 5. The van der Waals surface area contributed by atoms with Crippen LogP contribution < -0.4 is 10.8 Å². The summed E-state index contributed by atoms with van der Waals surface area (Å²) in [4.78, 5) is 12.1. The number of benzene rings is 2. The van der Waals surface area contributed by atoms with Gasteiger partial charge >= 0.3 is 0 Å². The third-order valence-electron chi connectivity index (χ3n) is 3.64. The second-order valence-corrected chi connectivity index (χ2v) is 6.17. The number of carbonyl (C=O) groups excluding carboxylic acids is 1. The highest BCUT2D eigenvalue weighted by molar-refractivity contribution is 8.00. The summed E-state index contributed by atoms with van der Waals surface area (Å²) in [6.07, 6.45) is 0. The Morgan fingerprint density at radius 3 is 2.82 bits per heavy atom. The lowest BCUT2D eigenvalue weighted by Gasteiger charge is -2.16. The number of nitrogens with two attached hydrogens (primary N) is 1. The first-order chi connectivity index (χ1) is 10.6. The molecule has 0 bridgehead atoms. The summed E-state index contributed by atoms with van der Waals surface area (Å²) in [7, 11) is 0. The van der Waals surface area contributed by atoms with Crippen molar-refractivity contribution in [2.45, 2.75) is 10.3 Å². The van der Waals surface area contributed by atoms with E-state index in [0.29, 0.717) is 17.0 Å². The van der Waals surface area contributed by atoms with Crippen LogP contribution in [0.15, 0.2) is 57.8 Å². The van der Waals surface area contributed by atoms with Gasteiger partial charge in [0.15, 0.2) is 5.37 Å². The molecule has 0 aliphatic carbocycles.